The second-order valence-corrected chi connectivity index (χ2v) is 0. The van der Waals surface area contributed by atoms with Crippen LogP contribution in [0.1, 0.15) is 0 Å². The minimum absolute atomic E-state index is 0. The van der Waals surface area contributed by atoms with Gasteiger partial charge < -0.3 is 0 Å². The molecule has 0 aliphatic carbocycles. The molecule has 0 heterocycles. The van der Waals surface area contributed by atoms with Crippen LogP contribution < -0.4 is 0 Å². The number of hydrogen-bond acceptors (Lipinski definition) is 0. The third kappa shape index (κ3) is 8.83. The van der Waals surface area contributed by atoms with Gasteiger partial charge in [-0.1, -0.05) is 0 Å². The van der Waals surface area contributed by atoms with Crippen LogP contribution in [0.3, 0.4) is 0 Å². The van der Waals surface area contributed by atoms with Crippen LogP contribution in [0.4, 0.5) is 0 Å². The monoisotopic (exact) mass is 420 g/mol. The Hall–Kier alpha value is 2.69. The topological polar surface area (TPSA) is 0 Å². The van der Waals surface area contributed by atoms with Gasteiger partial charge in [-0.3, -0.25) is 0 Å². The van der Waals surface area contributed by atoms with Crippen molar-refractivity contribution in [2.24, 2.45) is 0 Å². The van der Waals surface area contributed by atoms with E-state index < -0.39 is 0 Å². The summed E-state index contributed by atoms with van der Waals surface area (Å²) in [5.41, 5.74) is 0. The maximum absolute atomic E-state index is 2.91. The van der Waals surface area contributed by atoms with Crippen LogP contribution in [0.5, 0.6) is 0 Å². The van der Waals surface area contributed by atoms with E-state index in [2.05, 4.69) is 12.7 Å². The van der Waals surface area contributed by atoms with E-state index in [1.165, 1.54) is 0 Å². The summed E-state index contributed by atoms with van der Waals surface area (Å²) in [5, 5.41) is 0. The Morgan fingerprint density at radius 2 is 1.00 bits per heavy atom. The SMILES string of the molecule is BrI.[Ag].[Ag]. The molecule has 0 N–H and O–H groups in total. The van der Waals surface area contributed by atoms with Gasteiger partial charge in [0.05, 0.1) is 0 Å². The standard InChI is InChI=1S/2Ag.BrI/c;;1-2. The first-order valence-corrected chi connectivity index (χ1v) is 4.98. The predicted molar refractivity (Wildman–Crippen MR) is 22.9 cm³/mol. The largest absolute Gasteiger partial charge is 0.00711 e. The van der Waals surface area contributed by atoms with E-state index in [0.717, 1.165) is 0 Å². The first-order chi connectivity index (χ1) is 1.00. The first-order valence-electron chi connectivity index (χ1n) is 0.143. The summed E-state index contributed by atoms with van der Waals surface area (Å²) in [6.07, 6.45) is 0. The van der Waals surface area contributed by atoms with Crippen LogP contribution >= 0.6 is 33.1 Å². The average Bonchev–Trinajstić information content (AvgIpc) is 1.00. The quantitative estimate of drug-likeness (QED) is 0.412. The van der Waals surface area contributed by atoms with E-state index in [4.69, 9.17) is 0 Å². The molecule has 4 heteroatoms. The predicted octanol–water partition coefficient (Wildman–Crippen LogP) is 1.73. The van der Waals surface area contributed by atoms with Crippen molar-refractivity contribution in [1.29, 1.82) is 0 Å². The molecule has 0 aromatic heterocycles. The van der Waals surface area contributed by atoms with E-state index >= 15 is 0 Å². The first kappa shape index (κ1) is 15.9. The van der Waals surface area contributed by atoms with Crippen LogP contribution in [0.15, 0.2) is 0 Å². The molecule has 0 aromatic rings. The van der Waals surface area contributed by atoms with Crippen molar-refractivity contribution in [1.82, 2.24) is 0 Å². The fraction of sp³-hybridized carbons (Fsp3) is 0. The minimum Gasteiger partial charge on any atom is -0.00711 e. The summed E-state index contributed by atoms with van der Waals surface area (Å²) in [7, 11) is 0. The molecule has 0 nitrogen and oxygen atoms in total. The molecule has 2 radical (unpaired) electrons. The normalized spacial score (nSPS) is 1.50. The van der Waals surface area contributed by atoms with Gasteiger partial charge in [0.2, 0.25) is 0 Å². The maximum Gasteiger partial charge on any atom is 0.00711 e. The Bertz CT molecular complexity index is 6.00. The Morgan fingerprint density at radius 3 is 1.00 bits per heavy atom. The number of halogens is 2. The average molecular weight is 423 g/mol. The molecular formula is Ag2BrI. The van der Waals surface area contributed by atoms with Crippen molar-refractivity contribution in [3.63, 3.8) is 0 Å². The number of hydrogen-bond donors (Lipinski definition) is 0. The van der Waals surface area contributed by atoms with Gasteiger partial charge in [0.15, 0.2) is 0 Å². The van der Waals surface area contributed by atoms with Gasteiger partial charge in [-0.25, -0.2) is 0 Å². The number of rotatable bonds is 0. The van der Waals surface area contributed by atoms with Gasteiger partial charge in [0.1, 0.15) is 0 Å². The Balaban J connectivity index is -0.00000000500. The smallest absolute Gasteiger partial charge is 0.00711 e. The molecule has 0 bridgehead atoms. The second-order valence-electron chi connectivity index (χ2n) is 0. The Labute approximate surface area is 76.4 Å². The molecule has 0 spiro atoms. The van der Waals surface area contributed by atoms with Crippen molar-refractivity contribution in [3.05, 3.63) is 0 Å². The van der Waals surface area contributed by atoms with Crippen LogP contribution in [-0.4, -0.2) is 0 Å². The molecule has 0 unspecified atom stereocenters. The molecule has 0 aliphatic heterocycles. The molecule has 0 saturated heterocycles. The van der Waals surface area contributed by atoms with Gasteiger partial charge in [-0.05, 0) is 12.7 Å². The maximum atomic E-state index is 2.91. The molecule has 0 fully saturated rings. The molecule has 0 aliphatic rings. The molecule has 0 atom stereocenters. The zero-order valence-corrected chi connectivity index (χ0v) is 8.07. The molecule has 4 heavy (non-hydrogen) atoms. The molecular weight excluding hydrogens is 423 g/mol. The van der Waals surface area contributed by atoms with Crippen molar-refractivity contribution < 1.29 is 44.8 Å². The summed E-state index contributed by atoms with van der Waals surface area (Å²) >= 11 is 4.87. The van der Waals surface area contributed by atoms with Crippen LogP contribution in [-0.2, 0) is 44.8 Å². The van der Waals surface area contributed by atoms with E-state index in [-0.39, 0.29) is 44.8 Å². The van der Waals surface area contributed by atoms with Crippen molar-refractivity contribution in [2.75, 3.05) is 0 Å². The Kier molecular flexibility index (Phi) is 68.8. The zero-order chi connectivity index (χ0) is 2.00. The Morgan fingerprint density at radius 1 is 1.00 bits per heavy atom. The van der Waals surface area contributed by atoms with E-state index in [1.807, 2.05) is 20.4 Å². The third-order valence-corrected chi connectivity index (χ3v) is 0. The summed E-state index contributed by atoms with van der Waals surface area (Å²) in [6.45, 7) is 0. The summed E-state index contributed by atoms with van der Waals surface area (Å²) < 4.78 is 0. The van der Waals surface area contributed by atoms with Gasteiger partial charge >= 0.3 is 0 Å². The van der Waals surface area contributed by atoms with Crippen molar-refractivity contribution in [3.8, 4) is 0 Å². The molecule has 0 saturated carbocycles. The second kappa shape index (κ2) is 17.3. The van der Waals surface area contributed by atoms with Gasteiger partial charge in [-0.15, -0.1) is 0 Å². The van der Waals surface area contributed by atoms with Crippen LogP contribution in [0, 0.1) is 0 Å². The zero-order valence-electron chi connectivity index (χ0n) is 1.36. The summed E-state index contributed by atoms with van der Waals surface area (Å²) in [6, 6.07) is 0. The van der Waals surface area contributed by atoms with Crippen molar-refractivity contribution in [2.45, 2.75) is 0 Å². The minimum atomic E-state index is 0. The van der Waals surface area contributed by atoms with E-state index in [1.54, 1.807) is 0 Å². The van der Waals surface area contributed by atoms with Gasteiger partial charge in [0.25, 0.3) is 0 Å². The summed E-state index contributed by atoms with van der Waals surface area (Å²) in [5.74, 6) is 0. The molecule has 0 aromatic carbocycles. The van der Waals surface area contributed by atoms with Gasteiger partial charge in [0, 0.05) is 65.1 Å². The molecule has 0 rings (SSSR count). The fourth-order valence-corrected chi connectivity index (χ4v) is 0. The van der Waals surface area contributed by atoms with Gasteiger partial charge in [-0.2, -0.15) is 0 Å². The molecule has 36 valence electrons. The van der Waals surface area contributed by atoms with E-state index in [9.17, 15) is 0 Å². The van der Waals surface area contributed by atoms with Crippen molar-refractivity contribution >= 4 is 33.1 Å². The fourth-order valence-electron chi connectivity index (χ4n) is 0. The van der Waals surface area contributed by atoms with Crippen LogP contribution in [0.2, 0.25) is 0 Å². The van der Waals surface area contributed by atoms with E-state index in [0.29, 0.717) is 0 Å². The third-order valence-electron chi connectivity index (χ3n) is 0. The summed E-state index contributed by atoms with van der Waals surface area (Å²) in [4.78, 5) is 0. The molecule has 0 amide bonds. The van der Waals surface area contributed by atoms with Crippen LogP contribution in [0.25, 0.3) is 0 Å².